The Balaban J connectivity index is 1.89. The molecule has 1 atom stereocenters. The molecule has 0 aliphatic carbocycles. The molecule has 156 valence electrons. The van der Waals surface area contributed by atoms with E-state index in [1.807, 2.05) is 72.8 Å². The number of fused-ring (bicyclic) bond motifs is 1. The van der Waals surface area contributed by atoms with Crippen LogP contribution in [0.3, 0.4) is 0 Å². The summed E-state index contributed by atoms with van der Waals surface area (Å²) in [6.45, 7) is 1.76. The molecule has 1 aromatic heterocycles. The Labute approximate surface area is 191 Å². The van der Waals surface area contributed by atoms with Crippen LogP contribution in [0, 0.1) is 0 Å². The van der Waals surface area contributed by atoms with Gasteiger partial charge in [0.15, 0.2) is 4.80 Å². The average Bonchev–Trinajstić information content (AvgIpc) is 3.06. The summed E-state index contributed by atoms with van der Waals surface area (Å²) in [5.74, 6) is -0.495. The van der Waals surface area contributed by atoms with Crippen molar-refractivity contribution in [1.29, 1.82) is 0 Å². The topological polar surface area (TPSA) is 60.7 Å². The van der Waals surface area contributed by atoms with Crippen molar-refractivity contribution in [2.45, 2.75) is 13.0 Å². The molecule has 5 nitrogen and oxygen atoms in total. The molecule has 0 saturated carbocycles. The lowest BCUT2D eigenvalue weighted by atomic mass is 10.0. The van der Waals surface area contributed by atoms with Gasteiger partial charge in [-0.05, 0) is 36.3 Å². The number of nitrogens with zero attached hydrogens (tertiary/aromatic N) is 2. The van der Waals surface area contributed by atoms with E-state index in [-0.39, 0.29) is 5.56 Å². The van der Waals surface area contributed by atoms with Crippen LogP contribution >= 0.6 is 27.3 Å². The van der Waals surface area contributed by atoms with Gasteiger partial charge >= 0.3 is 5.97 Å². The van der Waals surface area contributed by atoms with Gasteiger partial charge in [-0.2, -0.15) is 0 Å². The van der Waals surface area contributed by atoms with E-state index in [0.717, 1.165) is 15.6 Å². The molecule has 0 fully saturated rings. The van der Waals surface area contributed by atoms with Crippen molar-refractivity contribution in [3.63, 3.8) is 0 Å². The second-order valence-electron chi connectivity index (χ2n) is 6.94. The second-order valence-corrected chi connectivity index (χ2v) is 8.87. The van der Waals surface area contributed by atoms with Gasteiger partial charge in [0, 0.05) is 4.47 Å². The number of esters is 1. The quantitative estimate of drug-likeness (QED) is 0.517. The summed E-state index contributed by atoms with van der Waals surface area (Å²) in [6.07, 6.45) is 5.59. The predicted octanol–water partition coefficient (Wildman–Crippen LogP) is 3.84. The molecule has 7 heteroatoms. The fraction of sp³-hybridized carbons (Fsp3) is 0.125. The molecule has 0 saturated heterocycles. The lowest BCUT2D eigenvalue weighted by Crippen LogP contribution is -2.38. The Hall–Kier alpha value is -3.03. The first kappa shape index (κ1) is 21.2. The normalized spacial score (nSPS) is 16.4. The third-order valence-corrected chi connectivity index (χ3v) is 6.36. The van der Waals surface area contributed by atoms with E-state index in [1.54, 1.807) is 11.5 Å². The Bertz CT molecular complexity index is 1380. The van der Waals surface area contributed by atoms with Crippen LogP contribution in [-0.4, -0.2) is 17.6 Å². The number of aromatic nitrogens is 1. The van der Waals surface area contributed by atoms with Gasteiger partial charge in [-0.25, -0.2) is 9.79 Å². The van der Waals surface area contributed by atoms with Crippen LogP contribution in [0.5, 0.6) is 0 Å². The highest BCUT2D eigenvalue weighted by Crippen LogP contribution is 2.26. The molecule has 1 aliphatic rings. The number of carbonyl (C=O) groups excluding carboxylic acids is 1. The maximum absolute atomic E-state index is 13.3. The highest BCUT2D eigenvalue weighted by atomic mass is 79.9. The molecular weight excluding hydrogens is 476 g/mol. The molecule has 1 unspecified atom stereocenters. The van der Waals surface area contributed by atoms with Crippen LogP contribution in [0.4, 0.5) is 0 Å². The summed E-state index contributed by atoms with van der Waals surface area (Å²) in [4.78, 5) is 31.0. The smallest absolute Gasteiger partial charge is 0.338 e. The zero-order valence-corrected chi connectivity index (χ0v) is 19.3. The zero-order chi connectivity index (χ0) is 22.0. The lowest BCUT2D eigenvalue weighted by Gasteiger charge is -2.21. The summed E-state index contributed by atoms with van der Waals surface area (Å²) in [5.41, 5.74) is 2.58. The maximum Gasteiger partial charge on any atom is 0.338 e. The number of hydrogen-bond acceptors (Lipinski definition) is 5. The minimum absolute atomic E-state index is 0.194. The van der Waals surface area contributed by atoms with Crippen LogP contribution in [-0.2, 0) is 9.53 Å². The molecule has 2 aromatic carbocycles. The van der Waals surface area contributed by atoms with Crippen LogP contribution in [0.1, 0.15) is 24.1 Å². The van der Waals surface area contributed by atoms with Gasteiger partial charge in [-0.3, -0.25) is 9.36 Å². The Morgan fingerprint density at radius 2 is 1.90 bits per heavy atom. The second kappa shape index (κ2) is 8.99. The summed E-state index contributed by atoms with van der Waals surface area (Å²) < 4.78 is 8.04. The highest BCUT2D eigenvalue weighted by molar-refractivity contribution is 9.10. The van der Waals surface area contributed by atoms with Gasteiger partial charge < -0.3 is 4.74 Å². The molecular formula is C24H19BrN2O3S. The molecule has 2 heterocycles. The number of allylic oxidation sites excluding steroid dienone is 2. The van der Waals surface area contributed by atoms with E-state index in [2.05, 4.69) is 20.9 Å². The minimum atomic E-state index is -0.603. The molecule has 0 bridgehead atoms. The van der Waals surface area contributed by atoms with Crippen LogP contribution in [0.25, 0.3) is 12.2 Å². The minimum Gasteiger partial charge on any atom is -0.466 e. The monoisotopic (exact) mass is 494 g/mol. The molecule has 0 N–H and O–H groups in total. The van der Waals surface area contributed by atoms with E-state index in [0.29, 0.717) is 20.6 Å². The van der Waals surface area contributed by atoms with Gasteiger partial charge in [0.2, 0.25) is 0 Å². The number of benzene rings is 2. The first-order chi connectivity index (χ1) is 15.0. The standard InChI is InChI=1S/C24H19BrN2O3S/c1-15-21(23(29)30-2)19(12-11-16-7-4-3-5-8-16)27-22(28)20(31-24(27)26-15)14-17-9-6-10-18(25)13-17/h3-14,19H,1-2H3/b12-11+,20-14-. The Morgan fingerprint density at radius 1 is 1.16 bits per heavy atom. The van der Waals surface area contributed by atoms with Crippen LogP contribution < -0.4 is 14.9 Å². The van der Waals surface area contributed by atoms with Crippen molar-refractivity contribution in [3.8, 4) is 0 Å². The number of hydrogen-bond donors (Lipinski definition) is 0. The fourth-order valence-corrected chi connectivity index (χ4v) is 4.90. The van der Waals surface area contributed by atoms with Crippen molar-refractivity contribution in [2.75, 3.05) is 7.11 Å². The molecule has 31 heavy (non-hydrogen) atoms. The van der Waals surface area contributed by atoms with Crippen LogP contribution in [0.15, 0.2) is 86.2 Å². The van der Waals surface area contributed by atoms with E-state index < -0.39 is 12.0 Å². The van der Waals surface area contributed by atoms with Crippen molar-refractivity contribution in [3.05, 3.63) is 107 Å². The first-order valence-corrected chi connectivity index (χ1v) is 11.2. The number of rotatable bonds is 4. The maximum atomic E-state index is 13.3. The van der Waals surface area contributed by atoms with Gasteiger partial charge in [-0.15, -0.1) is 0 Å². The molecule has 1 aliphatic heterocycles. The number of thiazole rings is 1. The molecule has 0 amide bonds. The Kier molecular flexibility index (Phi) is 6.15. The third-order valence-electron chi connectivity index (χ3n) is 4.89. The summed E-state index contributed by atoms with van der Waals surface area (Å²) in [5, 5.41) is 0. The highest BCUT2D eigenvalue weighted by Gasteiger charge is 2.30. The zero-order valence-electron chi connectivity index (χ0n) is 16.9. The van der Waals surface area contributed by atoms with Gasteiger partial charge in [0.25, 0.3) is 5.56 Å². The van der Waals surface area contributed by atoms with Gasteiger partial charge in [-0.1, -0.05) is 81.9 Å². The van der Waals surface area contributed by atoms with E-state index in [1.165, 1.54) is 18.4 Å². The summed E-state index contributed by atoms with van der Waals surface area (Å²) >= 11 is 4.76. The average molecular weight is 495 g/mol. The van der Waals surface area contributed by atoms with Gasteiger partial charge in [0.05, 0.1) is 29.0 Å². The predicted molar refractivity (Wildman–Crippen MR) is 126 cm³/mol. The largest absolute Gasteiger partial charge is 0.466 e. The summed E-state index contributed by atoms with van der Waals surface area (Å²) in [7, 11) is 1.33. The number of halogens is 1. The van der Waals surface area contributed by atoms with E-state index >= 15 is 0 Å². The van der Waals surface area contributed by atoms with Crippen molar-refractivity contribution in [1.82, 2.24) is 4.57 Å². The number of methoxy groups -OCH3 is 1. The van der Waals surface area contributed by atoms with Crippen molar-refractivity contribution >= 4 is 45.4 Å². The number of carbonyl (C=O) groups is 1. The van der Waals surface area contributed by atoms with E-state index in [4.69, 9.17) is 4.74 Å². The van der Waals surface area contributed by atoms with E-state index in [9.17, 15) is 9.59 Å². The Morgan fingerprint density at radius 3 is 2.61 bits per heavy atom. The fourth-order valence-electron chi connectivity index (χ4n) is 3.43. The molecule has 3 aromatic rings. The third kappa shape index (κ3) is 4.38. The van der Waals surface area contributed by atoms with Crippen molar-refractivity contribution < 1.29 is 9.53 Å². The van der Waals surface area contributed by atoms with Crippen molar-refractivity contribution in [2.24, 2.45) is 4.99 Å². The van der Waals surface area contributed by atoms with Crippen LogP contribution in [0.2, 0.25) is 0 Å². The first-order valence-electron chi connectivity index (χ1n) is 9.57. The lowest BCUT2D eigenvalue weighted by molar-refractivity contribution is -0.136. The summed E-state index contributed by atoms with van der Waals surface area (Å²) in [6, 6.07) is 16.8. The molecule has 4 rings (SSSR count). The molecule has 0 spiro atoms. The SMILES string of the molecule is COC(=O)C1=C(C)N=c2s/c(=C\c3cccc(Br)c3)c(=O)n2C1/C=C/c1ccccc1. The molecule has 0 radical (unpaired) electrons. The number of ether oxygens (including phenoxy) is 1. The van der Waals surface area contributed by atoms with Gasteiger partial charge in [0.1, 0.15) is 0 Å².